The lowest BCUT2D eigenvalue weighted by atomic mass is 10.2. The van der Waals surface area contributed by atoms with E-state index < -0.39 is 4.92 Å². The molecule has 8 heteroatoms. The number of nitro groups is 1. The summed E-state index contributed by atoms with van der Waals surface area (Å²) in [7, 11) is 0. The molecule has 0 saturated heterocycles. The molecule has 0 saturated carbocycles. The number of non-ortho nitro benzene ring substituents is 1. The Hall–Kier alpha value is -1.66. The molecule has 6 nitrogen and oxygen atoms in total. The maximum Gasteiger partial charge on any atom is 0.270 e. The molecule has 1 aromatic heterocycles. The van der Waals surface area contributed by atoms with Crippen molar-refractivity contribution >= 4 is 28.9 Å². The molecule has 0 spiro atoms. The van der Waals surface area contributed by atoms with E-state index >= 15 is 0 Å². The first-order valence-corrected chi connectivity index (χ1v) is 6.79. The molecule has 0 bridgehead atoms. The lowest BCUT2D eigenvalue weighted by molar-refractivity contribution is -0.384. The molecule has 106 valence electrons. The van der Waals surface area contributed by atoms with Crippen molar-refractivity contribution in [3.05, 3.63) is 50.8 Å². The first-order chi connectivity index (χ1) is 9.51. The van der Waals surface area contributed by atoms with Gasteiger partial charge in [0.15, 0.2) is 0 Å². The highest BCUT2D eigenvalue weighted by atomic mass is 35.5. The minimum absolute atomic E-state index is 0.0372. The van der Waals surface area contributed by atoms with E-state index in [0.717, 1.165) is 12.0 Å². The summed E-state index contributed by atoms with van der Waals surface area (Å²) in [6.07, 6.45) is 2.51. The van der Waals surface area contributed by atoms with E-state index in [-0.39, 0.29) is 11.1 Å². The molecule has 2 aromatic rings. The number of halogens is 2. The Kier molecular flexibility index (Phi) is 4.57. The van der Waals surface area contributed by atoms with Crippen LogP contribution in [-0.2, 0) is 6.54 Å². The second kappa shape index (κ2) is 6.19. The number of nitro benzene ring substituents is 1. The molecule has 1 unspecified atom stereocenters. The standard InChI is InChI=1S/C12H12Cl2N4O2/c1-2-10(13)12-7-17(16-15-12)6-8-3-4-9(18(19)20)5-11(8)14/h3-5,7,10H,2,6H2,1H3. The summed E-state index contributed by atoms with van der Waals surface area (Å²) in [4.78, 5) is 10.2. The monoisotopic (exact) mass is 314 g/mol. The van der Waals surface area contributed by atoms with Crippen LogP contribution in [0.1, 0.15) is 30.0 Å². The molecule has 0 aliphatic rings. The summed E-state index contributed by atoms with van der Waals surface area (Å²) >= 11 is 12.1. The maximum atomic E-state index is 10.6. The van der Waals surface area contributed by atoms with Crippen molar-refractivity contribution in [3.63, 3.8) is 0 Å². The summed E-state index contributed by atoms with van der Waals surface area (Å²) in [6.45, 7) is 2.35. The van der Waals surface area contributed by atoms with Gasteiger partial charge >= 0.3 is 0 Å². The van der Waals surface area contributed by atoms with Crippen LogP contribution in [0, 0.1) is 10.1 Å². The fraction of sp³-hybridized carbons (Fsp3) is 0.333. The second-order valence-electron chi connectivity index (χ2n) is 4.25. The highest BCUT2D eigenvalue weighted by molar-refractivity contribution is 6.31. The molecule has 0 aliphatic heterocycles. The number of hydrogen-bond acceptors (Lipinski definition) is 4. The average molecular weight is 315 g/mol. The summed E-state index contributed by atoms with van der Waals surface area (Å²) < 4.78 is 1.60. The van der Waals surface area contributed by atoms with E-state index in [4.69, 9.17) is 23.2 Å². The fourth-order valence-corrected chi connectivity index (χ4v) is 2.03. The normalized spacial score (nSPS) is 12.3. The van der Waals surface area contributed by atoms with Crippen molar-refractivity contribution in [2.24, 2.45) is 0 Å². The van der Waals surface area contributed by atoms with Crippen LogP contribution in [-0.4, -0.2) is 19.9 Å². The van der Waals surface area contributed by atoms with Gasteiger partial charge in [0.2, 0.25) is 0 Å². The number of nitrogens with zero attached hydrogens (tertiary/aromatic N) is 4. The largest absolute Gasteiger partial charge is 0.270 e. The Morgan fingerprint density at radius 1 is 1.50 bits per heavy atom. The number of rotatable bonds is 5. The first-order valence-electron chi connectivity index (χ1n) is 5.98. The number of alkyl halides is 1. The van der Waals surface area contributed by atoms with Gasteiger partial charge < -0.3 is 0 Å². The molecule has 20 heavy (non-hydrogen) atoms. The summed E-state index contributed by atoms with van der Waals surface area (Å²) in [5.74, 6) is 0. The third kappa shape index (κ3) is 3.26. The van der Waals surface area contributed by atoms with Gasteiger partial charge in [-0.15, -0.1) is 16.7 Å². The van der Waals surface area contributed by atoms with Gasteiger partial charge in [-0.3, -0.25) is 10.1 Å². The SMILES string of the molecule is CCC(Cl)c1cn(Cc2ccc([N+](=O)[O-])cc2Cl)nn1. The Labute approximate surface area is 125 Å². The summed E-state index contributed by atoms with van der Waals surface area (Å²) in [5.41, 5.74) is 1.40. The van der Waals surface area contributed by atoms with Crippen molar-refractivity contribution in [1.29, 1.82) is 0 Å². The van der Waals surface area contributed by atoms with Crippen LogP contribution >= 0.6 is 23.2 Å². The third-order valence-electron chi connectivity index (χ3n) is 2.82. The van der Waals surface area contributed by atoms with Gasteiger partial charge in [-0.2, -0.15) is 0 Å². The molecule has 0 N–H and O–H groups in total. The Balaban J connectivity index is 2.18. The first kappa shape index (κ1) is 14.7. The smallest absolute Gasteiger partial charge is 0.258 e. The van der Waals surface area contributed by atoms with Gasteiger partial charge in [0.05, 0.1) is 28.1 Å². The Bertz CT molecular complexity index is 630. The Morgan fingerprint density at radius 3 is 2.85 bits per heavy atom. The van der Waals surface area contributed by atoms with Crippen molar-refractivity contribution in [2.45, 2.75) is 25.3 Å². The predicted molar refractivity (Wildman–Crippen MR) is 76.1 cm³/mol. The van der Waals surface area contributed by atoms with Crippen molar-refractivity contribution in [2.75, 3.05) is 0 Å². The molecule has 0 radical (unpaired) electrons. The van der Waals surface area contributed by atoms with Gasteiger partial charge in [-0.1, -0.05) is 23.7 Å². The zero-order valence-corrected chi connectivity index (χ0v) is 12.2. The molecule has 1 heterocycles. The topological polar surface area (TPSA) is 73.8 Å². The van der Waals surface area contributed by atoms with Crippen LogP contribution in [0.2, 0.25) is 5.02 Å². The van der Waals surface area contributed by atoms with Crippen LogP contribution in [0.5, 0.6) is 0 Å². The van der Waals surface area contributed by atoms with E-state index in [1.807, 2.05) is 6.92 Å². The van der Waals surface area contributed by atoms with Gasteiger partial charge in [-0.05, 0) is 18.1 Å². The van der Waals surface area contributed by atoms with Crippen LogP contribution < -0.4 is 0 Å². The van der Waals surface area contributed by atoms with Crippen molar-refractivity contribution in [3.8, 4) is 0 Å². The molecule has 1 atom stereocenters. The summed E-state index contributed by atoms with van der Waals surface area (Å²) in [5, 5.41) is 18.8. The maximum absolute atomic E-state index is 10.6. The van der Waals surface area contributed by atoms with E-state index in [9.17, 15) is 10.1 Å². The molecule has 2 rings (SSSR count). The summed E-state index contributed by atoms with van der Waals surface area (Å²) in [6, 6.07) is 4.35. The fourth-order valence-electron chi connectivity index (χ4n) is 1.70. The van der Waals surface area contributed by atoms with E-state index in [0.29, 0.717) is 17.3 Å². The quantitative estimate of drug-likeness (QED) is 0.480. The Morgan fingerprint density at radius 2 is 2.25 bits per heavy atom. The third-order valence-corrected chi connectivity index (χ3v) is 3.70. The molecule has 0 amide bonds. The molecule has 1 aromatic carbocycles. The zero-order chi connectivity index (χ0) is 14.7. The second-order valence-corrected chi connectivity index (χ2v) is 5.18. The highest BCUT2D eigenvalue weighted by Crippen LogP contribution is 2.24. The predicted octanol–water partition coefficient (Wildman–Crippen LogP) is 3.58. The molecule has 0 aliphatic carbocycles. The van der Waals surface area contributed by atoms with Gasteiger partial charge in [-0.25, -0.2) is 4.68 Å². The molecule has 0 fully saturated rings. The molecular formula is C12H12Cl2N4O2. The van der Waals surface area contributed by atoms with E-state index in [1.165, 1.54) is 12.1 Å². The van der Waals surface area contributed by atoms with Crippen LogP contribution in [0.25, 0.3) is 0 Å². The van der Waals surface area contributed by atoms with Gasteiger partial charge in [0, 0.05) is 12.1 Å². The van der Waals surface area contributed by atoms with Crippen LogP contribution in [0.15, 0.2) is 24.4 Å². The number of hydrogen-bond donors (Lipinski definition) is 0. The zero-order valence-electron chi connectivity index (χ0n) is 10.7. The minimum Gasteiger partial charge on any atom is -0.258 e. The van der Waals surface area contributed by atoms with Crippen molar-refractivity contribution in [1.82, 2.24) is 15.0 Å². The highest BCUT2D eigenvalue weighted by Gasteiger charge is 2.13. The average Bonchev–Trinajstić information content (AvgIpc) is 2.88. The lowest BCUT2D eigenvalue weighted by Crippen LogP contribution is -2.01. The number of aromatic nitrogens is 3. The minimum atomic E-state index is -0.484. The van der Waals surface area contributed by atoms with Gasteiger partial charge in [0.25, 0.3) is 5.69 Å². The van der Waals surface area contributed by atoms with Gasteiger partial charge in [0.1, 0.15) is 5.69 Å². The lowest BCUT2D eigenvalue weighted by Gasteiger charge is -2.04. The van der Waals surface area contributed by atoms with Crippen LogP contribution in [0.3, 0.4) is 0 Å². The van der Waals surface area contributed by atoms with E-state index in [2.05, 4.69) is 10.3 Å². The molecular weight excluding hydrogens is 303 g/mol. The van der Waals surface area contributed by atoms with Crippen molar-refractivity contribution < 1.29 is 4.92 Å². The van der Waals surface area contributed by atoms with E-state index in [1.54, 1.807) is 16.9 Å². The van der Waals surface area contributed by atoms with Crippen LogP contribution in [0.4, 0.5) is 5.69 Å². The number of benzene rings is 1.